The van der Waals surface area contributed by atoms with Crippen molar-refractivity contribution in [1.29, 1.82) is 0 Å². The van der Waals surface area contributed by atoms with E-state index < -0.39 is 0 Å². The Labute approximate surface area is 113 Å². The van der Waals surface area contributed by atoms with Crippen LogP contribution in [-0.4, -0.2) is 23.1 Å². The second-order valence-corrected chi connectivity index (χ2v) is 3.87. The van der Waals surface area contributed by atoms with Gasteiger partial charge >= 0.3 is 0 Å². The number of hydrogen-bond acceptors (Lipinski definition) is 5. The van der Waals surface area contributed by atoms with Crippen LogP contribution in [0.4, 0.5) is 17.3 Å². The standard InChI is InChI=1S/C14H18N4O/c1-3-16-13-9-15-10-14(18-13)17-11-7-5-6-8-12(11)19-4-2/h5-10H,3-4H2,1-2H3,(H2,16,17,18). The van der Waals surface area contributed by atoms with Crippen LogP contribution in [0.3, 0.4) is 0 Å². The highest BCUT2D eigenvalue weighted by Gasteiger charge is 2.04. The highest BCUT2D eigenvalue weighted by atomic mass is 16.5. The van der Waals surface area contributed by atoms with Crippen molar-refractivity contribution in [1.82, 2.24) is 9.97 Å². The van der Waals surface area contributed by atoms with Gasteiger partial charge in [-0.2, -0.15) is 0 Å². The molecule has 0 aliphatic heterocycles. The molecule has 2 rings (SSSR count). The van der Waals surface area contributed by atoms with Gasteiger partial charge in [0.1, 0.15) is 11.6 Å². The fourth-order valence-electron chi connectivity index (χ4n) is 1.68. The summed E-state index contributed by atoms with van der Waals surface area (Å²) in [5.41, 5.74) is 0.882. The minimum Gasteiger partial charge on any atom is -0.492 e. The van der Waals surface area contributed by atoms with Gasteiger partial charge in [0.05, 0.1) is 24.7 Å². The number of ether oxygens (including phenoxy) is 1. The first-order valence-electron chi connectivity index (χ1n) is 6.38. The van der Waals surface area contributed by atoms with Crippen LogP contribution in [-0.2, 0) is 0 Å². The van der Waals surface area contributed by atoms with E-state index in [4.69, 9.17) is 4.74 Å². The fourth-order valence-corrected chi connectivity index (χ4v) is 1.68. The summed E-state index contributed by atoms with van der Waals surface area (Å²) in [6.07, 6.45) is 3.38. The monoisotopic (exact) mass is 258 g/mol. The van der Waals surface area contributed by atoms with Crippen LogP contribution in [0, 0.1) is 0 Å². The van der Waals surface area contributed by atoms with Gasteiger partial charge in [-0.1, -0.05) is 12.1 Å². The Kier molecular flexibility index (Phi) is 4.55. The second-order valence-electron chi connectivity index (χ2n) is 3.87. The zero-order valence-electron chi connectivity index (χ0n) is 11.2. The molecule has 0 fully saturated rings. The lowest BCUT2D eigenvalue weighted by Gasteiger charge is -2.12. The topological polar surface area (TPSA) is 59.1 Å². The van der Waals surface area contributed by atoms with Gasteiger partial charge in [0.25, 0.3) is 0 Å². The van der Waals surface area contributed by atoms with E-state index in [0.29, 0.717) is 12.4 Å². The van der Waals surface area contributed by atoms with Gasteiger partial charge < -0.3 is 15.4 Å². The second kappa shape index (κ2) is 6.58. The lowest BCUT2D eigenvalue weighted by molar-refractivity contribution is 0.342. The predicted molar refractivity (Wildman–Crippen MR) is 77.1 cm³/mol. The van der Waals surface area contributed by atoms with Crippen LogP contribution < -0.4 is 15.4 Å². The number of para-hydroxylation sites is 2. The van der Waals surface area contributed by atoms with Gasteiger partial charge in [0.15, 0.2) is 5.82 Å². The molecule has 5 nitrogen and oxygen atoms in total. The highest BCUT2D eigenvalue weighted by molar-refractivity contribution is 5.64. The Bertz CT molecular complexity index is 530. The smallest absolute Gasteiger partial charge is 0.151 e. The number of nitrogens with one attached hydrogen (secondary N) is 2. The first kappa shape index (κ1) is 13.1. The Balaban J connectivity index is 2.18. The number of anilines is 3. The maximum absolute atomic E-state index is 5.56. The van der Waals surface area contributed by atoms with Crippen molar-refractivity contribution in [3.8, 4) is 5.75 Å². The molecule has 2 aromatic rings. The predicted octanol–water partition coefficient (Wildman–Crippen LogP) is 3.05. The third-order valence-corrected chi connectivity index (χ3v) is 2.44. The summed E-state index contributed by atoms with van der Waals surface area (Å²) in [4.78, 5) is 8.57. The minimum atomic E-state index is 0.627. The Morgan fingerprint density at radius 2 is 1.89 bits per heavy atom. The van der Waals surface area contributed by atoms with E-state index in [9.17, 15) is 0 Å². The molecule has 0 amide bonds. The lowest BCUT2D eigenvalue weighted by atomic mass is 10.3. The van der Waals surface area contributed by atoms with Crippen LogP contribution in [0.15, 0.2) is 36.7 Å². The third-order valence-electron chi connectivity index (χ3n) is 2.44. The van der Waals surface area contributed by atoms with Crippen molar-refractivity contribution in [2.75, 3.05) is 23.8 Å². The largest absolute Gasteiger partial charge is 0.492 e. The summed E-state index contributed by atoms with van der Waals surface area (Å²) in [6, 6.07) is 7.77. The molecule has 0 saturated heterocycles. The van der Waals surface area contributed by atoms with E-state index in [-0.39, 0.29) is 0 Å². The highest BCUT2D eigenvalue weighted by Crippen LogP contribution is 2.26. The number of aromatic nitrogens is 2. The van der Waals surface area contributed by atoms with Crippen molar-refractivity contribution in [2.24, 2.45) is 0 Å². The summed E-state index contributed by atoms with van der Waals surface area (Å²) >= 11 is 0. The third kappa shape index (κ3) is 3.58. The Morgan fingerprint density at radius 3 is 2.68 bits per heavy atom. The summed E-state index contributed by atoms with van der Waals surface area (Å²) in [6.45, 7) is 5.42. The van der Waals surface area contributed by atoms with Crippen LogP contribution in [0.1, 0.15) is 13.8 Å². The first-order valence-corrected chi connectivity index (χ1v) is 6.38. The fraction of sp³-hybridized carbons (Fsp3) is 0.286. The van der Waals surface area contributed by atoms with E-state index >= 15 is 0 Å². The molecular formula is C14H18N4O. The van der Waals surface area contributed by atoms with E-state index in [1.165, 1.54) is 0 Å². The number of hydrogen-bond donors (Lipinski definition) is 2. The Morgan fingerprint density at radius 1 is 1.11 bits per heavy atom. The van der Waals surface area contributed by atoms with Crippen molar-refractivity contribution in [3.63, 3.8) is 0 Å². The molecule has 2 N–H and O–H groups in total. The lowest BCUT2D eigenvalue weighted by Crippen LogP contribution is -2.03. The van der Waals surface area contributed by atoms with Gasteiger partial charge in [0.2, 0.25) is 0 Å². The van der Waals surface area contributed by atoms with Crippen LogP contribution in [0.5, 0.6) is 5.75 Å². The van der Waals surface area contributed by atoms with Gasteiger partial charge in [-0.3, -0.25) is 4.98 Å². The first-order chi connectivity index (χ1) is 9.33. The zero-order valence-corrected chi connectivity index (χ0v) is 11.2. The molecule has 0 aliphatic carbocycles. The number of rotatable bonds is 6. The van der Waals surface area contributed by atoms with Crippen molar-refractivity contribution in [3.05, 3.63) is 36.7 Å². The van der Waals surface area contributed by atoms with E-state index in [0.717, 1.165) is 23.8 Å². The van der Waals surface area contributed by atoms with Gasteiger partial charge in [-0.25, -0.2) is 4.98 Å². The molecule has 0 spiro atoms. The summed E-state index contributed by atoms with van der Waals surface area (Å²) < 4.78 is 5.56. The van der Waals surface area contributed by atoms with Gasteiger partial charge in [-0.05, 0) is 26.0 Å². The molecule has 19 heavy (non-hydrogen) atoms. The van der Waals surface area contributed by atoms with Crippen LogP contribution in [0.25, 0.3) is 0 Å². The van der Waals surface area contributed by atoms with Crippen molar-refractivity contribution >= 4 is 17.3 Å². The Hall–Kier alpha value is -2.30. The molecule has 100 valence electrons. The average Bonchev–Trinajstić information content (AvgIpc) is 2.42. The zero-order chi connectivity index (χ0) is 13.5. The molecule has 5 heteroatoms. The molecule has 0 radical (unpaired) electrons. The van der Waals surface area contributed by atoms with Gasteiger partial charge in [-0.15, -0.1) is 0 Å². The molecule has 0 saturated carbocycles. The summed E-state index contributed by atoms with van der Waals surface area (Å²) in [5.74, 6) is 2.24. The normalized spacial score (nSPS) is 10.0. The van der Waals surface area contributed by atoms with Gasteiger partial charge in [0, 0.05) is 6.54 Å². The molecule has 0 unspecified atom stereocenters. The van der Waals surface area contributed by atoms with Crippen molar-refractivity contribution < 1.29 is 4.74 Å². The molecule has 0 aliphatic rings. The minimum absolute atomic E-state index is 0.627. The maximum atomic E-state index is 5.56. The molecule has 0 atom stereocenters. The van der Waals surface area contributed by atoms with Crippen molar-refractivity contribution in [2.45, 2.75) is 13.8 Å². The summed E-state index contributed by atoms with van der Waals surface area (Å²) in [7, 11) is 0. The SMILES string of the molecule is CCNc1cncc(Nc2ccccc2OCC)n1. The van der Waals surface area contributed by atoms with E-state index in [1.54, 1.807) is 12.4 Å². The number of nitrogens with zero attached hydrogens (tertiary/aromatic N) is 2. The maximum Gasteiger partial charge on any atom is 0.151 e. The molecule has 1 aromatic heterocycles. The van der Waals surface area contributed by atoms with Crippen LogP contribution in [0.2, 0.25) is 0 Å². The molecule has 0 bridgehead atoms. The molecule has 1 heterocycles. The van der Waals surface area contributed by atoms with E-state index in [2.05, 4.69) is 20.6 Å². The summed E-state index contributed by atoms with van der Waals surface area (Å²) in [5, 5.41) is 6.35. The average molecular weight is 258 g/mol. The van der Waals surface area contributed by atoms with Crippen LogP contribution >= 0.6 is 0 Å². The number of benzene rings is 1. The molecule has 1 aromatic carbocycles. The quantitative estimate of drug-likeness (QED) is 0.834. The molecular weight excluding hydrogens is 240 g/mol. The van der Waals surface area contributed by atoms with E-state index in [1.807, 2.05) is 38.1 Å².